The average molecular weight is 291 g/mol. The van der Waals surface area contributed by atoms with E-state index in [0.717, 1.165) is 25.3 Å². The van der Waals surface area contributed by atoms with Crippen LogP contribution in [0.4, 0.5) is 0 Å². The molecule has 0 bridgehead atoms. The summed E-state index contributed by atoms with van der Waals surface area (Å²) in [5, 5.41) is 9.17. The largest absolute Gasteiger partial charge is 0.481 e. The zero-order valence-corrected chi connectivity index (χ0v) is 13.0. The Morgan fingerprint density at radius 3 is 2.90 bits per heavy atom. The van der Waals surface area contributed by atoms with Crippen LogP contribution >= 0.6 is 0 Å². The number of likely N-dealkylation sites (tertiary alicyclic amines) is 1. The first-order valence-electron chi connectivity index (χ1n) is 8.07. The van der Waals surface area contributed by atoms with E-state index in [9.17, 15) is 9.90 Å². The zero-order chi connectivity index (χ0) is 15.0. The summed E-state index contributed by atoms with van der Waals surface area (Å²) in [6, 6.07) is 0.585. The van der Waals surface area contributed by atoms with Crippen molar-refractivity contribution < 1.29 is 9.90 Å². The topological polar surface area (TPSA) is 58.4 Å². The number of aryl methyl sites for hydroxylation is 1. The molecule has 0 saturated carbocycles. The van der Waals surface area contributed by atoms with Gasteiger partial charge >= 0.3 is 5.97 Å². The molecule has 1 aromatic rings. The first-order chi connectivity index (χ1) is 10.0. The summed E-state index contributed by atoms with van der Waals surface area (Å²) in [6.45, 7) is 7.55. The molecule has 1 saturated heterocycles. The lowest BCUT2D eigenvalue weighted by atomic mass is 9.94. The molecule has 0 aromatic carbocycles. The van der Waals surface area contributed by atoms with Crippen molar-refractivity contribution in [2.45, 2.75) is 58.0 Å². The van der Waals surface area contributed by atoms with Crippen LogP contribution in [0.15, 0.2) is 6.20 Å². The lowest BCUT2D eigenvalue weighted by Crippen LogP contribution is -2.39. The molecular formula is C16H25N3O2. The van der Waals surface area contributed by atoms with E-state index < -0.39 is 5.97 Å². The average Bonchev–Trinajstić information content (AvgIpc) is 2.90. The summed E-state index contributed by atoms with van der Waals surface area (Å²) in [5.74, 6) is 0.522. The summed E-state index contributed by atoms with van der Waals surface area (Å²) in [6.07, 6.45) is 5.89. The summed E-state index contributed by atoms with van der Waals surface area (Å²) in [5.41, 5.74) is 1.17. The van der Waals surface area contributed by atoms with E-state index in [4.69, 9.17) is 4.98 Å². The first kappa shape index (κ1) is 14.6. The number of carbonyl (C=O) groups is 1. The van der Waals surface area contributed by atoms with Gasteiger partial charge in [0.15, 0.2) is 0 Å². The van der Waals surface area contributed by atoms with Crippen molar-refractivity contribution in [1.29, 1.82) is 0 Å². The highest BCUT2D eigenvalue weighted by molar-refractivity contribution is 5.70. The van der Waals surface area contributed by atoms with Crippen LogP contribution in [0, 0.1) is 5.92 Å². The van der Waals surface area contributed by atoms with E-state index in [1.165, 1.54) is 25.1 Å². The van der Waals surface area contributed by atoms with Gasteiger partial charge in [0.2, 0.25) is 0 Å². The van der Waals surface area contributed by atoms with E-state index in [1.54, 1.807) is 0 Å². The highest BCUT2D eigenvalue weighted by Crippen LogP contribution is 2.29. The Morgan fingerprint density at radius 2 is 2.19 bits per heavy atom. The monoisotopic (exact) mass is 291 g/mol. The number of hydrogen-bond donors (Lipinski definition) is 1. The fraction of sp³-hybridized carbons (Fsp3) is 0.750. The number of rotatable bonds is 3. The predicted octanol–water partition coefficient (Wildman–Crippen LogP) is 2.12. The van der Waals surface area contributed by atoms with E-state index in [1.807, 2.05) is 0 Å². The second kappa shape index (κ2) is 5.79. The quantitative estimate of drug-likeness (QED) is 0.926. The number of imidazole rings is 1. The van der Waals surface area contributed by atoms with Gasteiger partial charge < -0.3 is 14.6 Å². The van der Waals surface area contributed by atoms with Crippen LogP contribution in [0.2, 0.25) is 0 Å². The number of hydrogen-bond acceptors (Lipinski definition) is 3. The van der Waals surface area contributed by atoms with Crippen molar-refractivity contribution in [1.82, 2.24) is 14.5 Å². The second-order valence-corrected chi connectivity index (χ2v) is 6.73. The number of aromatic nitrogens is 2. The molecule has 0 radical (unpaired) electrons. The molecule has 2 atom stereocenters. The third-order valence-corrected chi connectivity index (χ3v) is 4.98. The molecule has 3 heterocycles. The van der Waals surface area contributed by atoms with E-state index in [0.29, 0.717) is 18.4 Å². The van der Waals surface area contributed by atoms with Gasteiger partial charge in [0.05, 0.1) is 11.6 Å². The highest BCUT2D eigenvalue weighted by Gasteiger charge is 2.29. The molecule has 1 N–H and O–H groups in total. The predicted molar refractivity (Wildman–Crippen MR) is 80.4 cm³/mol. The Hall–Kier alpha value is -1.36. The molecule has 2 aliphatic rings. The maximum Gasteiger partial charge on any atom is 0.307 e. The Labute approximate surface area is 126 Å². The maximum absolute atomic E-state index is 11.1. The van der Waals surface area contributed by atoms with Gasteiger partial charge in [-0.3, -0.25) is 4.79 Å². The number of aliphatic carboxylic acids is 1. The SMILES string of the molecule is CC(C)N1CCCC(c2cn3c(n2)CC(C(=O)O)CC3)C1. The van der Waals surface area contributed by atoms with Crippen LogP contribution in [0.5, 0.6) is 0 Å². The van der Waals surface area contributed by atoms with Crippen molar-refractivity contribution in [2.75, 3.05) is 13.1 Å². The molecule has 2 unspecified atom stereocenters. The lowest BCUT2D eigenvalue weighted by molar-refractivity contribution is -0.142. The van der Waals surface area contributed by atoms with E-state index in [2.05, 4.69) is 29.5 Å². The molecule has 3 rings (SSSR count). The number of carboxylic acids is 1. The molecule has 21 heavy (non-hydrogen) atoms. The first-order valence-corrected chi connectivity index (χ1v) is 8.07. The normalized spacial score (nSPS) is 26.8. The zero-order valence-electron chi connectivity index (χ0n) is 13.0. The van der Waals surface area contributed by atoms with Crippen LogP contribution in [0.3, 0.4) is 0 Å². The van der Waals surface area contributed by atoms with Crippen molar-refractivity contribution in [3.63, 3.8) is 0 Å². The third kappa shape index (κ3) is 2.98. The van der Waals surface area contributed by atoms with Gasteiger partial charge in [-0.15, -0.1) is 0 Å². The minimum absolute atomic E-state index is 0.258. The Morgan fingerprint density at radius 1 is 1.38 bits per heavy atom. The summed E-state index contributed by atoms with van der Waals surface area (Å²) < 4.78 is 2.17. The third-order valence-electron chi connectivity index (χ3n) is 4.98. The van der Waals surface area contributed by atoms with Gasteiger partial charge in [-0.2, -0.15) is 0 Å². The van der Waals surface area contributed by atoms with Crippen LogP contribution in [0.1, 0.15) is 50.5 Å². The fourth-order valence-electron chi connectivity index (χ4n) is 3.57. The molecule has 1 aromatic heterocycles. The molecule has 116 valence electrons. The lowest BCUT2D eigenvalue weighted by Gasteiger charge is -2.34. The van der Waals surface area contributed by atoms with Gasteiger partial charge in [-0.05, 0) is 39.7 Å². The number of piperidine rings is 1. The number of carboxylic acid groups (broad SMARTS) is 1. The molecule has 0 spiro atoms. The van der Waals surface area contributed by atoms with Crippen molar-refractivity contribution in [3.05, 3.63) is 17.7 Å². The van der Waals surface area contributed by atoms with Gasteiger partial charge in [-0.1, -0.05) is 0 Å². The minimum Gasteiger partial charge on any atom is -0.481 e. The fourth-order valence-corrected chi connectivity index (χ4v) is 3.57. The molecule has 2 aliphatic heterocycles. The van der Waals surface area contributed by atoms with Crippen LogP contribution < -0.4 is 0 Å². The van der Waals surface area contributed by atoms with Gasteiger partial charge in [-0.25, -0.2) is 4.98 Å². The van der Waals surface area contributed by atoms with Crippen molar-refractivity contribution in [2.24, 2.45) is 5.92 Å². The molecule has 5 nitrogen and oxygen atoms in total. The highest BCUT2D eigenvalue weighted by atomic mass is 16.4. The Bertz CT molecular complexity index is 524. The number of fused-ring (bicyclic) bond motifs is 1. The summed E-state index contributed by atoms with van der Waals surface area (Å²) in [4.78, 5) is 18.4. The standard InChI is InChI=1S/C16H25N3O2/c1-11(2)18-6-3-4-13(9-18)14-10-19-7-5-12(16(20)21)8-15(19)17-14/h10-13H,3-9H2,1-2H3,(H,20,21). The molecule has 1 fully saturated rings. The van der Waals surface area contributed by atoms with Gasteiger partial charge in [0.25, 0.3) is 0 Å². The van der Waals surface area contributed by atoms with Crippen molar-refractivity contribution in [3.8, 4) is 0 Å². The molecular weight excluding hydrogens is 266 g/mol. The molecule has 0 aliphatic carbocycles. The van der Waals surface area contributed by atoms with Gasteiger partial charge in [0.1, 0.15) is 5.82 Å². The molecule has 0 amide bonds. The maximum atomic E-state index is 11.1. The smallest absolute Gasteiger partial charge is 0.307 e. The summed E-state index contributed by atoms with van der Waals surface area (Å²) in [7, 11) is 0. The van der Waals surface area contributed by atoms with Crippen LogP contribution in [0.25, 0.3) is 0 Å². The Balaban J connectivity index is 1.74. The van der Waals surface area contributed by atoms with Crippen molar-refractivity contribution >= 4 is 5.97 Å². The van der Waals surface area contributed by atoms with Crippen LogP contribution in [-0.4, -0.2) is 44.7 Å². The minimum atomic E-state index is -0.686. The molecule has 5 heteroatoms. The van der Waals surface area contributed by atoms with E-state index in [-0.39, 0.29) is 5.92 Å². The van der Waals surface area contributed by atoms with E-state index >= 15 is 0 Å². The Kier molecular flexibility index (Phi) is 4.02. The summed E-state index contributed by atoms with van der Waals surface area (Å²) >= 11 is 0. The second-order valence-electron chi connectivity index (χ2n) is 6.73. The number of nitrogens with zero attached hydrogens (tertiary/aromatic N) is 3. The van der Waals surface area contributed by atoms with Gasteiger partial charge in [0, 0.05) is 37.7 Å². The van der Waals surface area contributed by atoms with Crippen LogP contribution in [-0.2, 0) is 17.8 Å².